The summed E-state index contributed by atoms with van der Waals surface area (Å²) >= 11 is 0. The first-order chi connectivity index (χ1) is 11.0. The Hall–Kier alpha value is -2.32. The molecule has 0 radical (unpaired) electrons. The van der Waals surface area contributed by atoms with E-state index in [1.807, 2.05) is 0 Å². The highest BCUT2D eigenvalue weighted by Gasteiger charge is 2.32. The number of alkyl halides is 8. The maximum absolute atomic E-state index is 12.8. The van der Waals surface area contributed by atoms with Gasteiger partial charge in [-0.05, 0) is 41.5 Å². The lowest BCUT2D eigenvalue weighted by molar-refractivity contribution is -0.138. The van der Waals surface area contributed by atoms with Crippen LogP contribution in [-0.2, 0) is 12.4 Å². The Labute approximate surface area is 130 Å². The van der Waals surface area contributed by atoms with Crippen molar-refractivity contribution >= 4 is 0 Å². The number of rotatable bonds is 3. The molecule has 0 spiro atoms. The zero-order valence-electron chi connectivity index (χ0n) is 11.6. The number of halogens is 8. The van der Waals surface area contributed by atoms with Crippen molar-refractivity contribution < 1.29 is 39.9 Å². The van der Waals surface area contributed by atoms with Gasteiger partial charge in [0.1, 0.15) is 5.75 Å². The molecule has 0 aliphatic heterocycles. The molecule has 0 amide bonds. The number of benzene rings is 2. The second-order valence-corrected chi connectivity index (χ2v) is 4.70. The van der Waals surface area contributed by atoms with Gasteiger partial charge in [-0.2, -0.15) is 35.1 Å². The summed E-state index contributed by atoms with van der Waals surface area (Å²) in [6.07, 6.45) is -9.43. The van der Waals surface area contributed by atoms with Gasteiger partial charge in [-0.25, -0.2) is 0 Å². The molecule has 0 aliphatic carbocycles. The van der Waals surface area contributed by atoms with E-state index in [9.17, 15) is 35.1 Å². The third kappa shape index (κ3) is 4.36. The van der Waals surface area contributed by atoms with Gasteiger partial charge in [0.05, 0.1) is 11.1 Å². The molecule has 0 fully saturated rings. The Bertz CT molecular complexity index is 701. The summed E-state index contributed by atoms with van der Waals surface area (Å²) in [7, 11) is 0. The van der Waals surface area contributed by atoms with Crippen molar-refractivity contribution in [1.82, 2.24) is 0 Å². The first-order valence-corrected chi connectivity index (χ1v) is 6.31. The number of hydrogen-bond donors (Lipinski definition) is 0. The minimum Gasteiger partial charge on any atom is -0.435 e. The van der Waals surface area contributed by atoms with Crippen LogP contribution in [0, 0.1) is 0 Å². The topological polar surface area (TPSA) is 9.23 Å². The van der Waals surface area contributed by atoms with Crippen LogP contribution < -0.4 is 4.74 Å². The third-order valence-electron chi connectivity index (χ3n) is 3.00. The monoisotopic (exact) mass is 356 g/mol. The molecule has 1 nitrogen and oxygen atoms in total. The molecule has 2 aromatic carbocycles. The molecule has 0 saturated heterocycles. The smallest absolute Gasteiger partial charge is 0.416 e. The standard InChI is InChI=1S/C15H8F8O/c16-13(17)24-12-6-9(5-11(7-12)15(21,22)23)8-1-3-10(4-2-8)14(18,19)20/h1-7,13H. The Balaban J connectivity index is 2.48. The van der Waals surface area contributed by atoms with E-state index >= 15 is 0 Å². The molecule has 0 saturated carbocycles. The second kappa shape index (κ2) is 6.29. The first kappa shape index (κ1) is 18.0. The van der Waals surface area contributed by atoms with Crippen LogP contribution in [0.2, 0.25) is 0 Å². The summed E-state index contributed by atoms with van der Waals surface area (Å²) in [5.41, 5.74) is -2.44. The zero-order chi connectivity index (χ0) is 18.1. The van der Waals surface area contributed by atoms with Crippen molar-refractivity contribution in [1.29, 1.82) is 0 Å². The lowest BCUT2D eigenvalue weighted by Crippen LogP contribution is -2.08. The highest BCUT2D eigenvalue weighted by Crippen LogP contribution is 2.37. The fourth-order valence-electron chi connectivity index (χ4n) is 1.95. The molecule has 2 aromatic rings. The predicted octanol–water partition coefficient (Wildman–Crippen LogP) is 5.99. The minimum absolute atomic E-state index is 0.00628. The van der Waals surface area contributed by atoms with Crippen molar-refractivity contribution in [3.05, 3.63) is 53.6 Å². The van der Waals surface area contributed by atoms with E-state index in [1.165, 1.54) is 0 Å². The number of hydrogen-bond acceptors (Lipinski definition) is 1. The van der Waals surface area contributed by atoms with Gasteiger partial charge in [-0.1, -0.05) is 12.1 Å². The molecule has 2 rings (SSSR count). The van der Waals surface area contributed by atoms with Crippen molar-refractivity contribution in [3.8, 4) is 16.9 Å². The Morgan fingerprint density at radius 1 is 0.667 bits per heavy atom. The van der Waals surface area contributed by atoms with Gasteiger partial charge >= 0.3 is 19.0 Å². The maximum Gasteiger partial charge on any atom is 0.416 e. The van der Waals surface area contributed by atoms with E-state index in [1.54, 1.807) is 0 Å². The quantitative estimate of drug-likeness (QED) is 0.614. The fourth-order valence-corrected chi connectivity index (χ4v) is 1.95. The van der Waals surface area contributed by atoms with Crippen molar-refractivity contribution in [2.24, 2.45) is 0 Å². The van der Waals surface area contributed by atoms with Crippen molar-refractivity contribution in [2.75, 3.05) is 0 Å². The van der Waals surface area contributed by atoms with E-state index in [0.29, 0.717) is 24.3 Å². The predicted molar refractivity (Wildman–Crippen MR) is 68.5 cm³/mol. The maximum atomic E-state index is 12.8. The summed E-state index contributed by atoms with van der Waals surface area (Å²) < 4.78 is 104. The highest BCUT2D eigenvalue weighted by molar-refractivity contribution is 5.67. The average Bonchev–Trinajstić information content (AvgIpc) is 2.44. The minimum atomic E-state index is -4.83. The van der Waals surface area contributed by atoms with Crippen LogP contribution in [0.5, 0.6) is 5.75 Å². The van der Waals surface area contributed by atoms with Gasteiger partial charge in [0.25, 0.3) is 0 Å². The molecule has 0 atom stereocenters. The summed E-state index contributed by atoms with van der Waals surface area (Å²) in [4.78, 5) is 0. The Morgan fingerprint density at radius 3 is 1.67 bits per heavy atom. The Morgan fingerprint density at radius 2 is 1.21 bits per heavy atom. The van der Waals surface area contributed by atoms with Crippen LogP contribution in [0.25, 0.3) is 11.1 Å². The molecule has 0 heterocycles. The van der Waals surface area contributed by atoms with Crippen molar-refractivity contribution in [3.63, 3.8) is 0 Å². The van der Waals surface area contributed by atoms with Crippen LogP contribution in [0.3, 0.4) is 0 Å². The largest absolute Gasteiger partial charge is 0.435 e. The molecular formula is C15H8F8O. The lowest BCUT2D eigenvalue weighted by Gasteiger charge is -2.13. The van der Waals surface area contributed by atoms with Crippen LogP contribution >= 0.6 is 0 Å². The molecule has 0 unspecified atom stereocenters. The molecule has 0 bridgehead atoms. The fraction of sp³-hybridized carbons (Fsp3) is 0.200. The lowest BCUT2D eigenvalue weighted by atomic mass is 10.0. The zero-order valence-corrected chi connectivity index (χ0v) is 11.6. The normalized spacial score (nSPS) is 12.5. The summed E-state index contributed by atoms with van der Waals surface area (Å²) in [6.45, 7) is -3.34. The third-order valence-corrected chi connectivity index (χ3v) is 3.00. The summed E-state index contributed by atoms with van der Waals surface area (Å²) in [6, 6.07) is 5.19. The van der Waals surface area contributed by atoms with Gasteiger partial charge in [0, 0.05) is 0 Å². The molecule has 9 heteroatoms. The van der Waals surface area contributed by atoms with Crippen molar-refractivity contribution in [2.45, 2.75) is 19.0 Å². The van der Waals surface area contributed by atoms with Gasteiger partial charge in [0.15, 0.2) is 0 Å². The SMILES string of the molecule is FC(F)Oc1cc(-c2ccc(C(F)(F)F)cc2)cc(C(F)(F)F)c1. The van der Waals surface area contributed by atoms with Gasteiger partial charge in [-0.3, -0.25) is 0 Å². The average molecular weight is 356 g/mol. The Kier molecular flexibility index (Phi) is 4.73. The molecular weight excluding hydrogens is 348 g/mol. The van der Waals surface area contributed by atoms with E-state index < -0.39 is 35.8 Å². The molecule has 130 valence electrons. The second-order valence-electron chi connectivity index (χ2n) is 4.70. The van der Waals surface area contributed by atoms with Crippen LogP contribution in [0.1, 0.15) is 11.1 Å². The highest BCUT2D eigenvalue weighted by atomic mass is 19.4. The number of ether oxygens (including phenoxy) is 1. The molecule has 0 N–H and O–H groups in total. The molecule has 0 aromatic heterocycles. The molecule has 0 aliphatic rings. The van der Waals surface area contributed by atoms with Crippen LogP contribution in [0.15, 0.2) is 42.5 Å². The van der Waals surface area contributed by atoms with E-state index in [-0.39, 0.29) is 11.1 Å². The summed E-state index contributed by atoms with van der Waals surface area (Å²) in [5, 5.41) is 0. The van der Waals surface area contributed by atoms with Gasteiger partial charge in [0.2, 0.25) is 0 Å². The van der Waals surface area contributed by atoms with Gasteiger partial charge in [-0.15, -0.1) is 0 Å². The first-order valence-electron chi connectivity index (χ1n) is 6.31. The van der Waals surface area contributed by atoms with Crippen LogP contribution in [0.4, 0.5) is 35.1 Å². The van der Waals surface area contributed by atoms with E-state index in [4.69, 9.17) is 0 Å². The van der Waals surface area contributed by atoms with Crippen LogP contribution in [-0.4, -0.2) is 6.61 Å². The summed E-state index contributed by atoms with van der Waals surface area (Å²) in [5.74, 6) is -0.741. The van der Waals surface area contributed by atoms with E-state index in [2.05, 4.69) is 4.74 Å². The molecule has 24 heavy (non-hydrogen) atoms. The van der Waals surface area contributed by atoms with Gasteiger partial charge < -0.3 is 4.74 Å². The van der Waals surface area contributed by atoms with E-state index in [0.717, 1.165) is 18.2 Å².